The molecule has 160 valence electrons. The minimum Gasteiger partial charge on any atom is -0.481 e. The molecule has 0 saturated carbocycles. The third-order valence-electron chi connectivity index (χ3n) is 4.36. The van der Waals surface area contributed by atoms with Crippen LogP contribution in [0.25, 0.3) is 0 Å². The van der Waals surface area contributed by atoms with Crippen LogP contribution in [0.1, 0.15) is 25.8 Å². The Morgan fingerprint density at radius 1 is 1.33 bits per heavy atom. The second-order valence-electron chi connectivity index (χ2n) is 6.52. The molecule has 0 saturated heterocycles. The molecule has 10 nitrogen and oxygen atoms in total. The quantitative estimate of drug-likeness (QED) is 0.618. The first kappa shape index (κ1) is 22.7. The van der Waals surface area contributed by atoms with Crippen LogP contribution in [0.4, 0.5) is 11.5 Å². The van der Waals surface area contributed by atoms with E-state index in [1.54, 1.807) is 24.3 Å². The SMILES string of the molecule is CCCn1c(N)c(N(CCOC)C(=O)[C@@H](C)Oc2ccc(C#N)cc2)c(=O)[nH]c1=O. The highest BCUT2D eigenvalue weighted by Crippen LogP contribution is 2.20. The van der Waals surface area contributed by atoms with Crippen molar-refractivity contribution in [1.29, 1.82) is 5.26 Å². The van der Waals surface area contributed by atoms with Crippen molar-refractivity contribution in [3.8, 4) is 11.8 Å². The zero-order valence-corrected chi connectivity index (χ0v) is 17.2. The zero-order valence-electron chi connectivity index (χ0n) is 17.2. The number of hydrogen-bond donors (Lipinski definition) is 2. The fourth-order valence-corrected chi connectivity index (χ4v) is 2.88. The first-order valence-electron chi connectivity index (χ1n) is 9.43. The van der Waals surface area contributed by atoms with Gasteiger partial charge in [-0.05, 0) is 37.6 Å². The topological polar surface area (TPSA) is 143 Å². The van der Waals surface area contributed by atoms with Crippen molar-refractivity contribution in [3.63, 3.8) is 0 Å². The number of nitrogens with zero attached hydrogens (tertiary/aromatic N) is 3. The number of nitrogen functional groups attached to an aromatic ring is 1. The number of ether oxygens (including phenoxy) is 2. The third-order valence-corrected chi connectivity index (χ3v) is 4.36. The van der Waals surface area contributed by atoms with Crippen LogP contribution in [0.5, 0.6) is 5.75 Å². The van der Waals surface area contributed by atoms with Crippen LogP contribution in [0.15, 0.2) is 33.9 Å². The number of hydrogen-bond acceptors (Lipinski definition) is 7. The molecule has 0 aliphatic heterocycles. The summed E-state index contributed by atoms with van der Waals surface area (Å²) in [6.07, 6.45) is -0.361. The van der Waals surface area contributed by atoms with Crippen molar-refractivity contribution in [2.75, 3.05) is 30.9 Å². The molecule has 3 N–H and O–H groups in total. The lowest BCUT2D eigenvalue weighted by Gasteiger charge is -2.27. The Balaban J connectivity index is 2.40. The molecule has 0 aliphatic rings. The summed E-state index contributed by atoms with van der Waals surface area (Å²) in [5.74, 6) is -0.240. The first-order valence-corrected chi connectivity index (χ1v) is 9.43. The Labute approximate surface area is 173 Å². The summed E-state index contributed by atoms with van der Waals surface area (Å²) in [6.45, 7) is 3.86. The van der Waals surface area contributed by atoms with Crippen LogP contribution >= 0.6 is 0 Å². The van der Waals surface area contributed by atoms with Crippen LogP contribution in [-0.2, 0) is 16.1 Å². The lowest BCUT2D eigenvalue weighted by molar-refractivity contribution is -0.124. The molecule has 0 unspecified atom stereocenters. The van der Waals surface area contributed by atoms with Crippen molar-refractivity contribution in [2.45, 2.75) is 32.9 Å². The van der Waals surface area contributed by atoms with Gasteiger partial charge in [-0.15, -0.1) is 0 Å². The molecule has 1 amide bonds. The molecular formula is C20H25N5O5. The van der Waals surface area contributed by atoms with Gasteiger partial charge in [-0.3, -0.25) is 24.0 Å². The van der Waals surface area contributed by atoms with E-state index in [9.17, 15) is 14.4 Å². The molecule has 2 rings (SSSR count). The maximum absolute atomic E-state index is 13.1. The largest absolute Gasteiger partial charge is 0.481 e. The van der Waals surface area contributed by atoms with Gasteiger partial charge in [0.1, 0.15) is 11.6 Å². The number of carbonyl (C=O) groups excluding carboxylic acids is 1. The van der Waals surface area contributed by atoms with Gasteiger partial charge < -0.3 is 15.2 Å². The summed E-state index contributed by atoms with van der Waals surface area (Å²) in [7, 11) is 1.46. The Bertz CT molecular complexity index is 1040. The smallest absolute Gasteiger partial charge is 0.330 e. The monoisotopic (exact) mass is 415 g/mol. The third kappa shape index (κ3) is 5.07. The summed E-state index contributed by atoms with van der Waals surface area (Å²) >= 11 is 0. The molecule has 30 heavy (non-hydrogen) atoms. The molecule has 10 heteroatoms. The number of nitrogens with one attached hydrogen (secondary N) is 1. The number of aromatic nitrogens is 2. The number of nitriles is 1. The van der Waals surface area contributed by atoms with E-state index < -0.39 is 23.3 Å². The minimum absolute atomic E-state index is 0.0357. The van der Waals surface area contributed by atoms with Gasteiger partial charge in [-0.1, -0.05) is 6.92 Å². The number of nitrogens with two attached hydrogens (primary N) is 1. The van der Waals surface area contributed by atoms with Gasteiger partial charge in [0.15, 0.2) is 11.8 Å². The van der Waals surface area contributed by atoms with Crippen molar-refractivity contribution >= 4 is 17.4 Å². The summed E-state index contributed by atoms with van der Waals surface area (Å²) in [5.41, 5.74) is 5.04. The highest BCUT2D eigenvalue weighted by Gasteiger charge is 2.28. The van der Waals surface area contributed by atoms with E-state index >= 15 is 0 Å². The number of H-pyrrole nitrogens is 1. The van der Waals surface area contributed by atoms with Gasteiger partial charge in [0, 0.05) is 20.2 Å². The Kier molecular flexibility index (Phi) is 7.77. The highest BCUT2D eigenvalue weighted by atomic mass is 16.5. The molecule has 1 heterocycles. The molecule has 0 aliphatic carbocycles. The molecular weight excluding hydrogens is 390 g/mol. The number of benzene rings is 1. The molecule has 1 atom stereocenters. The second-order valence-corrected chi connectivity index (χ2v) is 6.52. The van der Waals surface area contributed by atoms with Gasteiger partial charge in [-0.2, -0.15) is 5.26 Å². The number of anilines is 2. The van der Waals surface area contributed by atoms with Crippen molar-refractivity contribution in [1.82, 2.24) is 9.55 Å². The van der Waals surface area contributed by atoms with E-state index in [4.69, 9.17) is 20.5 Å². The number of aromatic amines is 1. The fraction of sp³-hybridized carbons (Fsp3) is 0.400. The van der Waals surface area contributed by atoms with Gasteiger partial charge >= 0.3 is 5.69 Å². The molecule has 1 aromatic carbocycles. The Hall–Kier alpha value is -3.58. The van der Waals surface area contributed by atoms with E-state index in [2.05, 4.69) is 4.98 Å². The highest BCUT2D eigenvalue weighted by molar-refractivity contribution is 5.98. The van der Waals surface area contributed by atoms with E-state index in [1.807, 2.05) is 13.0 Å². The fourth-order valence-electron chi connectivity index (χ4n) is 2.88. The predicted octanol–water partition coefficient (Wildman–Crippen LogP) is 0.847. The van der Waals surface area contributed by atoms with E-state index in [1.165, 1.54) is 18.6 Å². The van der Waals surface area contributed by atoms with Crippen molar-refractivity contribution in [2.24, 2.45) is 0 Å². The lowest BCUT2D eigenvalue weighted by Crippen LogP contribution is -2.47. The molecule has 1 aromatic heterocycles. The van der Waals surface area contributed by atoms with Gasteiger partial charge in [0.25, 0.3) is 11.5 Å². The average molecular weight is 415 g/mol. The number of methoxy groups -OCH3 is 1. The lowest BCUT2D eigenvalue weighted by atomic mass is 10.2. The van der Waals surface area contributed by atoms with Gasteiger partial charge in [0.2, 0.25) is 0 Å². The minimum atomic E-state index is -0.972. The summed E-state index contributed by atoms with van der Waals surface area (Å²) in [4.78, 5) is 41.1. The standard InChI is InChI=1S/C20H25N5O5/c1-4-9-25-17(22)16(18(26)23-20(25)28)24(10-11-29-3)19(27)13(2)30-15-7-5-14(12-21)6-8-15/h5-8,13H,4,9-11,22H2,1-3H3,(H,23,26,28)/t13-/m1/s1. The summed E-state index contributed by atoms with van der Waals surface area (Å²) < 4.78 is 12.0. The average Bonchev–Trinajstić information content (AvgIpc) is 2.73. The normalized spacial score (nSPS) is 11.5. The number of rotatable bonds is 9. The molecule has 0 fully saturated rings. The molecule has 2 aromatic rings. The van der Waals surface area contributed by atoms with E-state index in [0.717, 1.165) is 4.90 Å². The Morgan fingerprint density at radius 3 is 2.57 bits per heavy atom. The molecule has 0 radical (unpaired) electrons. The molecule has 0 spiro atoms. The Morgan fingerprint density at radius 2 is 2.00 bits per heavy atom. The maximum atomic E-state index is 13.1. The molecule has 0 bridgehead atoms. The summed E-state index contributed by atoms with van der Waals surface area (Å²) in [6, 6.07) is 8.28. The van der Waals surface area contributed by atoms with Crippen LogP contribution < -0.4 is 26.6 Å². The second kappa shape index (κ2) is 10.3. The van der Waals surface area contributed by atoms with Gasteiger partial charge in [0.05, 0.1) is 18.2 Å². The van der Waals surface area contributed by atoms with Crippen molar-refractivity contribution in [3.05, 3.63) is 50.7 Å². The predicted molar refractivity (Wildman–Crippen MR) is 112 cm³/mol. The number of amides is 1. The van der Waals surface area contributed by atoms with Crippen LogP contribution in [0.2, 0.25) is 0 Å². The van der Waals surface area contributed by atoms with Crippen LogP contribution in [0, 0.1) is 11.3 Å². The zero-order chi connectivity index (χ0) is 22.3. The van der Waals surface area contributed by atoms with Crippen LogP contribution in [0.3, 0.4) is 0 Å². The number of carbonyl (C=O) groups is 1. The van der Waals surface area contributed by atoms with E-state index in [-0.39, 0.29) is 31.2 Å². The maximum Gasteiger partial charge on any atom is 0.330 e. The van der Waals surface area contributed by atoms with E-state index in [0.29, 0.717) is 17.7 Å². The van der Waals surface area contributed by atoms with Crippen LogP contribution in [-0.4, -0.2) is 41.8 Å². The van der Waals surface area contributed by atoms with Gasteiger partial charge in [-0.25, -0.2) is 4.79 Å². The summed E-state index contributed by atoms with van der Waals surface area (Å²) in [5, 5.41) is 8.88. The van der Waals surface area contributed by atoms with Crippen molar-refractivity contribution < 1.29 is 14.3 Å². The first-order chi connectivity index (χ1) is 14.3.